The SMILES string of the molecule is OC(Cc1cccc(F)c1Br)c1cccc(C(F)(F)F)c1. The van der Waals surface area contributed by atoms with Crippen LogP contribution < -0.4 is 0 Å². The van der Waals surface area contributed by atoms with Crippen LogP contribution in [0.3, 0.4) is 0 Å². The molecule has 6 heteroatoms. The second kappa shape index (κ2) is 6.15. The van der Waals surface area contributed by atoms with Gasteiger partial charge in [0.25, 0.3) is 0 Å². The topological polar surface area (TPSA) is 20.2 Å². The number of hydrogen-bond acceptors (Lipinski definition) is 1. The molecule has 0 aliphatic rings. The lowest BCUT2D eigenvalue weighted by atomic mass is 9.99. The van der Waals surface area contributed by atoms with E-state index in [9.17, 15) is 22.7 Å². The van der Waals surface area contributed by atoms with E-state index in [1.165, 1.54) is 24.3 Å². The maximum absolute atomic E-state index is 13.4. The van der Waals surface area contributed by atoms with Crippen molar-refractivity contribution in [1.82, 2.24) is 0 Å². The molecule has 0 saturated carbocycles. The zero-order valence-corrected chi connectivity index (χ0v) is 12.2. The lowest BCUT2D eigenvalue weighted by molar-refractivity contribution is -0.137. The van der Waals surface area contributed by atoms with Crippen molar-refractivity contribution in [2.24, 2.45) is 0 Å². The Morgan fingerprint density at radius 3 is 2.43 bits per heavy atom. The van der Waals surface area contributed by atoms with Crippen molar-refractivity contribution in [3.8, 4) is 0 Å². The molecule has 0 heterocycles. The highest BCUT2D eigenvalue weighted by atomic mass is 79.9. The van der Waals surface area contributed by atoms with Gasteiger partial charge in [0, 0.05) is 6.42 Å². The zero-order chi connectivity index (χ0) is 15.6. The van der Waals surface area contributed by atoms with E-state index in [-0.39, 0.29) is 16.5 Å². The van der Waals surface area contributed by atoms with Crippen LogP contribution in [0.4, 0.5) is 17.6 Å². The molecule has 0 aromatic heterocycles. The maximum Gasteiger partial charge on any atom is 0.416 e. The second-order valence-electron chi connectivity index (χ2n) is 4.56. The predicted octanol–water partition coefficient (Wildman–Crippen LogP) is 4.88. The van der Waals surface area contributed by atoms with E-state index in [0.717, 1.165) is 12.1 Å². The fraction of sp³-hybridized carbons (Fsp3) is 0.200. The quantitative estimate of drug-likeness (QED) is 0.771. The minimum Gasteiger partial charge on any atom is -0.388 e. The maximum atomic E-state index is 13.4. The molecule has 1 unspecified atom stereocenters. The van der Waals surface area contributed by atoms with Gasteiger partial charge in [-0.15, -0.1) is 0 Å². The fourth-order valence-corrected chi connectivity index (χ4v) is 2.38. The first-order valence-electron chi connectivity index (χ1n) is 6.07. The molecule has 0 saturated heterocycles. The Labute approximate surface area is 127 Å². The molecule has 0 amide bonds. The minimum atomic E-state index is -4.46. The first-order chi connectivity index (χ1) is 9.79. The third-order valence-electron chi connectivity index (χ3n) is 3.04. The first kappa shape index (κ1) is 16.0. The average Bonchev–Trinajstić information content (AvgIpc) is 2.43. The second-order valence-corrected chi connectivity index (χ2v) is 5.35. The van der Waals surface area contributed by atoms with Gasteiger partial charge >= 0.3 is 6.18 Å². The number of hydrogen-bond donors (Lipinski definition) is 1. The van der Waals surface area contributed by atoms with Gasteiger partial charge in [0.15, 0.2) is 0 Å². The normalized spacial score (nSPS) is 13.2. The largest absolute Gasteiger partial charge is 0.416 e. The monoisotopic (exact) mass is 362 g/mol. The molecule has 0 aliphatic carbocycles. The third kappa shape index (κ3) is 3.83. The highest BCUT2D eigenvalue weighted by molar-refractivity contribution is 9.10. The Bertz CT molecular complexity index is 640. The molecule has 0 spiro atoms. The van der Waals surface area contributed by atoms with Gasteiger partial charge in [0.1, 0.15) is 5.82 Å². The van der Waals surface area contributed by atoms with E-state index in [2.05, 4.69) is 15.9 Å². The van der Waals surface area contributed by atoms with Crippen molar-refractivity contribution in [2.75, 3.05) is 0 Å². The molecule has 2 aromatic carbocycles. The van der Waals surface area contributed by atoms with Gasteiger partial charge in [-0.25, -0.2) is 4.39 Å². The number of aliphatic hydroxyl groups is 1. The summed E-state index contributed by atoms with van der Waals surface area (Å²) in [5.74, 6) is -0.483. The van der Waals surface area contributed by atoms with Gasteiger partial charge in [0.2, 0.25) is 0 Å². The van der Waals surface area contributed by atoms with Gasteiger partial charge in [-0.3, -0.25) is 0 Å². The molecule has 112 valence electrons. The van der Waals surface area contributed by atoms with E-state index < -0.39 is 23.7 Å². The van der Waals surface area contributed by atoms with Crippen LogP contribution in [-0.4, -0.2) is 5.11 Å². The van der Waals surface area contributed by atoms with Gasteiger partial charge < -0.3 is 5.11 Å². The van der Waals surface area contributed by atoms with Crippen LogP contribution in [-0.2, 0) is 12.6 Å². The van der Waals surface area contributed by atoms with Crippen LogP contribution in [0.15, 0.2) is 46.9 Å². The van der Waals surface area contributed by atoms with Crippen molar-refractivity contribution in [3.63, 3.8) is 0 Å². The molecule has 2 aromatic rings. The van der Waals surface area contributed by atoms with E-state index >= 15 is 0 Å². The number of aliphatic hydroxyl groups excluding tert-OH is 1. The van der Waals surface area contributed by atoms with Gasteiger partial charge in [-0.05, 0) is 45.3 Å². The molecule has 1 atom stereocenters. The lowest BCUT2D eigenvalue weighted by Crippen LogP contribution is -2.08. The molecule has 0 radical (unpaired) electrons. The first-order valence-corrected chi connectivity index (χ1v) is 6.86. The Morgan fingerprint density at radius 1 is 1.10 bits per heavy atom. The number of alkyl halides is 3. The molecule has 1 N–H and O–H groups in total. The standard InChI is InChI=1S/C15H11BrF4O/c16-14-10(4-2-6-12(14)17)8-13(21)9-3-1-5-11(7-9)15(18,19)20/h1-7,13,21H,8H2. The summed E-state index contributed by atoms with van der Waals surface area (Å²) in [4.78, 5) is 0. The van der Waals surface area contributed by atoms with Crippen molar-refractivity contribution in [1.29, 1.82) is 0 Å². The molecule has 0 fully saturated rings. The van der Waals surface area contributed by atoms with Gasteiger partial charge in [0.05, 0.1) is 16.1 Å². The highest BCUT2D eigenvalue weighted by Gasteiger charge is 2.30. The summed E-state index contributed by atoms with van der Waals surface area (Å²) in [6, 6.07) is 8.82. The molecule has 0 aliphatic heterocycles. The summed E-state index contributed by atoms with van der Waals surface area (Å²) in [6.07, 6.45) is -5.60. The van der Waals surface area contributed by atoms with E-state index in [4.69, 9.17) is 0 Å². The fourth-order valence-electron chi connectivity index (χ4n) is 1.95. The Morgan fingerprint density at radius 2 is 1.76 bits per heavy atom. The summed E-state index contributed by atoms with van der Waals surface area (Å²) >= 11 is 3.06. The van der Waals surface area contributed by atoms with Crippen molar-refractivity contribution < 1.29 is 22.7 Å². The van der Waals surface area contributed by atoms with Crippen LogP contribution in [0.1, 0.15) is 22.8 Å². The van der Waals surface area contributed by atoms with Crippen LogP contribution in [0, 0.1) is 5.82 Å². The van der Waals surface area contributed by atoms with Crippen molar-refractivity contribution in [3.05, 3.63) is 69.4 Å². The summed E-state index contributed by atoms with van der Waals surface area (Å²) < 4.78 is 51.5. The van der Waals surface area contributed by atoms with Crippen LogP contribution >= 0.6 is 15.9 Å². The molecular formula is C15H11BrF4O. The molecular weight excluding hydrogens is 352 g/mol. The summed E-state index contributed by atoms with van der Waals surface area (Å²) in [5, 5.41) is 10.1. The Balaban J connectivity index is 2.25. The van der Waals surface area contributed by atoms with E-state index in [1.54, 1.807) is 6.07 Å². The predicted molar refractivity (Wildman–Crippen MR) is 74.2 cm³/mol. The van der Waals surface area contributed by atoms with Crippen LogP contribution in [0.2, 0.25) is 0 Å². The van der Waals surface area contributed by atoms with Crippen LogP contribution in [0.25, 0.3) is 0 Å². The zero-order valence-electron chi connectivity index (χ0n) is 10.7. The van der Waals surface area contributed by atoms with Gasteiger partial charge in [-0.1, -0.05) is 24.3 Å². The van der Waals surface area contributed by atoms with E-state index in [1.807, 2.05) is 0 Å². The van der Waals surface area contributed by atoms with Crippen molar-refractivity contribution >= 4 is 15.9 Å². The molecule has 21 heavy (non-hydrogen) atoms. The molecule has 1 nitrogen and oxygen atoms in total. The number of rotatable bonds is 3. The average molecular weight is 363 g/mol. The van der Waals surface area contributed by atoms with Gasteiger partial charge in [-0.2, -0.15) is 13.2 Å². The minimum absolute atomic E-state index is 0.0135. The summed E-state index contributed by atoms with van der Waals surface area (Å²) in [5.41, 5.74) is -0.196. The lowest BCUT2D eigenvalue weighted by Gasteiger charge is -2.14. The number of halogens is 5. The summed E-state index contributed by atoms with van der Waals surface area (Å²) in [7, 11) is 0. The van der Waals surface area contributed by atoms with Crippen molar-refractivity contribution in [2.45, 2.75) is 18.7 Å². The third-order valence-corrected chi connectivity index (χ3v) is 3.93. The van der Waals surface area contributed by atoms with E-state index in [0.29, 0.717) is 5.56 Å². The molecule has 2 rings (SSSR count). The Hall–Kier alpha value is -1.40. The Kier molecular flexibility index (Phi) is 4.68. The smallest absolute Gasteiger partial charge is 0.388 e. The number of benzene rings is 2. The molecule has 0 bridgehead atoms. The highest BCUT2D eigenvalue weighted by Crippen LogP contribution is 2.32. The van der Waals surface area contributed by atoms with Crippen LogP contribution in [0.5, 0.6) is 0 Å². The summed E-state index contributed by atoms with van der Waals surface area (Å²) in [6.45, 7) is 0.